The number of carbonyl (C=O) groups is 2. The Hall–Kier alpha value is -4.40. The van der Waals surface area contributed by atoms with E-state index in [0.717, 1.165) is 22.3 Å². The highest BCUT2D eigenvalue weighted by molar-refractivity contribution is 5.85. The lowest BCUT2D eigenvalue weighted by atomic mass is 9.98. The summed E-state index contributed by atoms with van der Waals surface area (Å²) in [6, 6.07) is 25.5. The van der Waals surface area contributed by atoms with Crippen LogP contribution in [0.25, 0.3) is 22.5 Å². The summed E-state index contributed by atoms with van der Waals surface area (Å²) in [5.41, 5.74) is 5.51. The van der Waals surface area contributed by atoms with E-state index in [4.69, 9.17) is 14.3 Å². The fourth-order valence-corrected chi connectivity index (χ4v) is 4.62. The predicted octanol–water partition coefficient (Wildman–Crippen LogP) is 4.58. The number of benzene rings is 3. The summed E-state index contributed by atoms with van der Waals surface area (Å²) in [6.45, 7) is -0.0594. The van der Waals surface area contributed by atoms with Crippen LogP contribution in [0.5, 0.6) is 0 Å². The van der Waals surface area contributed by atoms with Gasteiger partial charge in [0.1, 0.15) is 24.6 Å². The van der Waals surface area contributed by atoms with Gasteiger partial charge in [-0.1, -0.05) is 72.8 Å². The third-order valence-electron chi connectivity index (χ3n) is 6.52. The fraction of sp³-hybridized carbons (Fsp3) is 0.172. The number of ether oxygens (including phenoxy) is 1. The normalized spacial score (nSPS) is 13.9. The molecule has 0 fully saturated rings. The second-order valence-corrected chi connectivity index (χ2v) is 8.81. The molecular formula is C29H25NO7. The van der Waals surface area contributed by atoms with Gasteiger partial charge in [-0.15, -0.1) is 0 Å². The van der Waals surface area contributed by atoms with Gasteiger partial charge in [0.15, 0.2) is 0 Å². The van der Waals surface area contributed by atoms with Gasteiger partial charge in [0.05, 0.1) is 0 Å². The largest absolute Gasteiger partial charge is 0.475 e. The highest BCUT2D eigenvalue weighted by atomic mass is 16.5. The fourth-order valence-electron chi connectivity index (χ4n) is 4.62. The molecule has 0 bridgehead atoms. The van der Waals surface area contributed by atoms with Gasteiger partial charge in [-0.25, -0.2) is 9.59 Å². The van der Waals surface area contributed by atoms with E-state index in [-0.39, 0.29) is 24.8 Å². The summed E-state index contributed by atoms with van der Waals surface area (Å²) in [5, 5.41) is 32.4. The Balaban J connectivity index is 1.15. The van der Waals surface area contributed by atoms with Gasteiger partial charge < -0.3 is 29.8 Å². The van der Waals surface area contributed by atoms with Crippen molar-refractivity contribution in [2.24, 2.45) is 0 Å². The monoisotopic (exact) mass is 499 g/mol. The molecule has 8 heteroatoms. The molecule has 4 N–H and O–H groups in total. The number of furan rings is 1. The zero-order chi connectivity index (χ0) is 25.9. The number of fused-ring (bicyclic) bond motifs is 3. The maximum absolute atomic E-state index is 12.4. The highest BCUT2D eigenvalue weighted by Crippen LogP contribution is 2.44. The molecule has 8 nitrogen and oxygen atoms in total. The molecule has 1 aliphatic rings. The Labute approximate surface area is 212 Å². The maximum Gasteiger partial charge on any atom is 0.407 e. The second kappa shape index (κ2) is 10.3. The number of hydrogen-bond donors (Lipinski definition) is 4. The van der Waals surface area contributed by atoms with Crippen molar-refractivity contribution in [2.45, 2.75) is 18.1 Å². The molecular weight excluding hydrogens is 474 g/mol. The molecule has 1 aliphatic carbocycles. The van der Waals surface area contributed by atoms with Crippen LogP contribution >= 0.6 is 0 Å². The number of aliphatic hydroxyl groups is 2. The molecule has 3 aromatic carbocycles. The number of carbonyl (C=O) groups excluding carboxylic acids is 1. The molecule has 188 valence electrons. The van der Waals surface area contributed by atoms with Crippen LogP contribution in [0.2, 0.25) is 0 Å². The van der Waals surface area contributed by atoms with Crippen molar-refractivity contribution in [3.05, 3.63) is 107 Å². The highest BCUT2D eigenvalue weighted by Gasteiger charge is 2.29. The third kappa shape index (κ3) is 4.97. The van der Waals surface area contributed by atoms with Crippen molar-refractivity contribution in [3.63, 3.8) is 0 Å². The average molecular weight is 500 g/mol. The van der Waals surface area contributed by atoms with Gasteiger partial charge in [-0.3, -0.25) is 0 Å². The summed E-state index contributed by atoms with van der Waals surface area (Å²) in [4.78, 5) is 23.3. The van der Waals surface area contributed by atoms with Gasteiger partial charge >= 0.3 is 12.1 Å². The van der Waals surface area contributed by atoms with E-state index >= 15 is 0 Å². The van der Waals surface area contributed by atoms with Crippen LogP contribution in [0.4, 0.5) is 4.79 Å². The quantitative estimate of drug-likeness (QED) is 0.279. The van der Waals surface area contributed by atoms with Crippen LogP contribution in [-0.2, 0) is 4.74 Å². The summed E-state index contributed by atoms with van der Waals surface area (Å²) >= 11 is 0. The lowest BCUT2D eigenvalue weighted by Gasteiger charge is -2.19. The van der Waals surface area contributed by atoms with Crippen LogP contribution in [0.1, 0.15) is 39.3 Å². The SMILES string of the molecule is O=C(NCC(O)C(O)c1ccc(-c2ccc(C(=O)O)o2)cc1)OCC1c2ccccc2-c2ccccc21. The Kier molecular flexibility index (Phi) is 6.76. The molecule has 1 amide bonds. The molecule has 5 rings (SSSR count). The first kappa shape index (κ1) is 24.3. The summed E-state index contributed by atoms with van der Waals surface area (Å²) in [5.74, 6) is -1.04. The van der Waals surface area contributed by atoms with Crippen molar-refractivity contribution >= 4 is 12.1 Å². The van der Waals surface area contributed by atoms with Crippen molar-refractivity contribution in [2.75, 3.05) is 13.2 Å². The minimum absolute atomic E-state index is 0.0760. The second-order valence-electron chi connectivity index (χ2n) is 8.81. The summed E-state index contributed by atoms with van der Waals surface area (Å²) < 4.78 is 10.7. The molecule has 1 aromatic heterocycles. The topological polar surface area (TPSA) is 129 Å². The number of aliphatic hydroxyl groups excluding tert-OH is 2. The number of alkyl carbamates (subject to hydrolysis) is 1. The molecule has 0 saturated heterocycles. The van der Waals surface area contributed by atoms with Crippen LogP contribution in [0.3, 0.4) is 0 Å². The number of rotatable bonds is 8. The average Bonchev–Trinajstić information content (AvgIpc) is 3.54. The molecule has 37 heavy (non-hydrogen) atoms. The van der Waals surface area contributed by atoms with Gasteiger partial charge in [-0.2, -0.15) is 0 Å². The van der Waals surface area contributed by atoms with E-state index in [1.807, 2.05) is 36.4 Å². The Morgan fingerprint density at radius 3 is 2.08 bits per heavy atom. The third-order valence-corrected chi connectivity index (χ3v) is 6.52. The Bertz CT molecular complexity index is 1380. The number of nitrogens with one attached hydrogen (secondary N) is 1. The van der Waals surface area contributed by atoms with Crippen molar-refractivity contribution in [1.82, 2.24) is 5.32 Å². The smallest absolute Gasteiger partial charge is 0.407 e. The molecule has 0 radical (unpaired) electrons. The molecule has 0 aliphatic heterocycles. The number of carboxylic acids is 1. The number of amides is 1. The summed E-state index contributed by atoms with van der Waals surface area (Å²) in [7, 11) is 0. The maximum atomic E-state index is 12.4. The zero-order valence-corrected chi connectivity index (χ0v) is 19.7. The summed E-state index contributed by atoms with van der Waals surface area (Å²) in [6.07, 6.45) is -3.21. The zero-order valence-electron chi connectivity index (χ0n) is 19.7. The van der Waals surface area contributed by atoms with E-state index in [0.29, 0.717) is 16.9 Å². The van der Waals surface area contributed by atoms with Gasteiger partial charge in [0.25, 0.3) is 0 Å². The van der Waals surface area contributed by atoms with Gasteiger partial charge in [-0.05, 0) is 39.9 Å². The molecule has 0 spiro atoms. The molecule has 2 atom stereocenters. The first-order chi connectivity index (χ1) is 17.9. The van der Waals surface area contributed by atoms with Gasteiger partial charge in [0.2, 0.25) is 5.76 Å². The van der Waals surface area contributed by atoms with Crippen LogP contribution in [0.15, 0.2) is 89.3 Å². The molecule has 0 saturated carbocycles. The van der Waals surface area contributed by atoms with E-state index in [9.17, 15) is 19.8 Å². The van der Waals surface area contributed by atoms with E-state index in [2.05, 4.69) is 17.4 Å². The van der Waals surface area contributed by atoms with Crippen LogP contribution in [0, 0.1) is 0 Å². The predicted molar refractivity (Wildman–Crippen MR) is 135 cm³/mol. The number of aromatic carboxylic acids is 1. The molecule has 2 unspecified atom stereocenters. The molecule has 4 aromatic rings. The van der Waals surface area contributed by atoms with Crippen LogP contribution in [-0.4, -0.2) is 46.6 Å². The van der Waals surface area contributed by atoms with Gasteiger partial charge in [0, 0.05) is 18.0 Å². The van der Waals surface area contributed by atoms with E-state index < -0.39 is 24.3 Å². The Morgan fingerprint density at radius 1 is 0.865 bits per heavy atom. The molecule has 1 heterocycles. The van der Waals surface area contributed by atoms with Crippen molar-refractivity contribution in [1.29, 1.82) is 0 Å². The van der Waals surface area contributed by atoms with E-state index in [1.165, 1.54) is 6.07 Å². The van der Waals surface area contributed by atoms with E-state index in [1.54, 1.807) is 30.3 Å². The lowest BCUT2D eigenvalue weighted by Crippen LogP contribution is -2.36. The minimum atomic E-state index is -1.27. The number of hydrogen-bond acceptors (Lipinski definition) is 6. The van der Waals surface area contributed by atoms with Crippen molar-refractivity contribution in [3.8, 4) is 22.5 Å². The minimum Gasteiger partial charge on any atom is -0.475 e. The Morgan fingerprint density at radius 2 is 1.49 bits per heavy atom. The van der Waals surface area contributed by atoms with Crippen LogP contribution < -0.4 is 5.32 Å². The first-order valence-corrected chi connectivity index (χ1v) is 11.8. The first-order valence-electron chi connectivity index (χ1n) is 11.8. The standard InChI is InChI=1S/C29H25NO7/c31-24(27(32)18-11-9-17(10-12-18)25-13-14-26(37-25)28(33)34)15-30-29(35)36-16-23-21-7-3-1-5-19(21)20-6-2-4-8-22(20)23/h1-14,23-24,27,31-32H,15-16H2,(H,30,35)(H,33,34). The van der Waals surface area contributed by atoms with Crippen molar-refractivity contribution < 1.29 is 34.1 Å². The lowest BCUT2D eigenvalue weighted by molar-refractivity contribution is 0.0185. The number of carboxylic acid groups (broad SMARTS) is 1.